The Morgan fingerprint density at radius 3 is 2.73 bits per heavy atom. The second kappa shape index (κ2) is 11.9. The van der Waals surface area contributed by atoms with Gasteiger partial charge in [0, 0.05) is 79.9 Å². The Morgan fingerprint density at radius 2 is 1.94 bits per heavy atom. The third-order valence-electron chi connectivity index (χ3n) is 10.9. The summed E-state index contributed by atoms with van der Waals surface area (Å²) in [5.74, 6) is -0.680. The summed E-state index contributed by atoms with van der Waals surface area (Å²) < 4.78 is 53.9. The van der Waals surface area contributed by atoms with Crippen molar-refractivity contribution in [3.8, 4) is 23.2 Å². The highest BCUT2D eigenvalue weighted by molar-refractivity contribution is 7.22. The first-order chi connectivity index (χ1) is 24.6. The van der Waals surface area contributed by atoms with Crippen molar-refractivity contribution in [3.05, 3.63) is 53.1 Å². The van der Waals surface area contributed by atoms with E-state index >= 15 is 4.39 Å². The number of likely N-dealkylation sites (tertiary alicyclic amines) is 1. The third kappa shape index (κ3) is 5.15. The topological polar surface area (TPSA) is 142 Å². The van der Waals surface area contributed by atoms with Crippen LogP contribution in [-0.2, 0) is 0 Å². The molecular weight excluding hydrogens is 705 g/mol. The van der Waals surface area contributed by atoms with Gasteiger partial charge in [-0.25, -0.2) is 32.5 Å². The summed E-state index contributed by atoms with van der Waals surface area (Å²) in [5.41, 5.74) is 5.86. The van der Waals surface area contributed by atoms with Crippen LogP contribution in [0.5, 0.6) is 6.01 Å². The van der Waals surface area contributed by atoms with Crippen molar-refractivity contribution in [1.29, 1.82) is 5.26 Å². The van der Waals surface area contributed by atoms with Crippen molar-refractivity contribution in [2.24, 2.45) is 11.8 Å². The molecule has 262 valence electrons. The quantitative estimate of drug-likeness (QED) is 0.247. The van der Waals surface area contributed by atoms with Crippen molar-refractivity contribution in [2.45, 2.75) is 31.0 Å². The van der Waals surface area contributed by atoms with Gasteiger partial charge in [-0.15, -0.1) is 0 Å². The first-order valence-electron chi connectivity index (χ1n) is 16.7. The number of carbonyl (C=O) groups excluding carboxylic acids is 1. The van der Waals surface area contributed by atoms with Crippen molar-refractivity contribution in [2.75, 3.05) is 56.5 Å². The van der Waals surface area contributed by atoms with E-state index in [1.807, 2.05) is 11.0 Å². The number of carbonyl (C=O) groups is 1. The number of anilines is 2. The Bertz CT molecular complexity index is 2280. The van der Waals surface area contributed by atoms with Crippen LogP contribution in [0.4, 0.5) is 28.9 Å². The number of nitrogen functional groups attached to an aromatic ring is 1. The van der Waals surface area contributed by atoms with Gasteiger partial charge in [0.25, 0.3) is 0 Å². The van der Waals surface area contributed by atoms with Crippen LogP contribution >= 0.6 is 22.9 Å². The number of hydrogen-bond acceptors (Lipinski definition) is 11. The monoisotopic (exact) mass is 734 g/mol. The number of imidazole rings is 1. The lowest BCUT2D eigenvalue weighted by molar-refractivity contribution is 0.107. The molecule has 5 aromatic rings. The maximum absolute atomic E-state index is 16.9. The molecule has 0 aliphatic carbocycles. The van der Waals surface area contributed by atoms with Crippen molar-refractivity contribution < 1.29 is 22.7 Å². The van der Waals surface area contributed by atoms with E-state index in [9.17, 15) is 18.8 Å². The molecular formula is C34H30ClF3N10O2S. The molecule has 1 amide bonds. The lowest BCUT2D eigenvalue weighted by atomic mass is 9.95. The van der Waals surface area contributed by atoms with E-state index in [0.29, 0.717) is 50.3 Å². The maximum Gasteiger partial charge on any atom is 0.330 e. The maximum atomic E-state index is 16.9. The molecule has 4 atom stereocenters. The number of alkyl halides is 1. The molecule has 0 saturated carbocycles. The van der Waals surface area contributed by atoms with Gasteiger partial charge in [-0.1, -0.05) is 22.9 Å². The number of amides is 1. The number of nitriles is 1. The number of halogens is 4. The molecule has 4 aliphatic heterocycles. The van der Waals surface area contributed by atoms with Crippen LogP contribution in [-0.4, -0.2) is 97.9 Å². The van der Waals surface area contributed by atoms with Crippen LogP contribution < -0.4 is 15.4 Å². The van der Waals surface area contributed by atoms with Gasteiger partial charge in [-0.3, -0.25) is 4.90 Å². The van der Waals surface area contributed by atoms with Gasteiger partial charge < -0.3 is 20.3 Å². The molecule has 2 unspecified atom stereocenters. The highest BCUT2D eigenvalue weighted by atomic mass is 35.5. The van der Waals surface area contributed by atoms with Crippen molar-refractivity contribution in [1.82, 2.24) is 34.3 Å². The van der Waals surface area contributed by atoms with E-state index in [0.717, 1.165) is 30.7 Å². The molecule has 0 radical (unpaired) electrons. The van der Waals surface area contributed by atoms with E-state index in [2.05, 4.69) is 19.9 Å². The summed E-state index contributed by atoms with van der Waals surface area (Å²) in [4.78, 5) is 36.7. The predicted molar refractivity (Wildman–Crippen MR) is 185 cm³/mol. The molecule has 2 N–H and O–H groups in total. The number of nitrogens with two attached hydrogens (primary N) is 1. The van der Waals surface area contributed by atoms with E-state index in [4.69, 9.17) is 27.1 Å². The van der Waals surface area contributed by atoms with Crippen LogP contribution in [0.1, 0.15) is 25.1 Å². The summed E-state index contributed by atoms with van der Waals surface area (Å²) in [7, 11) is 0. The van der Waals surface area contributed by atoms with Crippen molar-refractivity contribution in [3.63, 3.8) is 0 Å². The Balaban J connectivity index is 1.09. The average Bonchev–Trinajstić information content (AvgIpc) is 3.94. The molecule has 0 bridgehead atoms. The second-order valence-corrected chi connectivity index (χ2v) is 15.2. The van der Waals surface area contributed by atoms with E-state index in [1.54, 1.807) is 11.0 Å². The van der Waals surface area contributed by atoms with Crippen LogP contribution in [0.15, 0.2) is 30.6 Å². The molecule has 0 spiro atoms. The number of aromatic nitrogens is 5. The smallest absolute Gasteiger partial charge is 0.330 e. The third-order valence-corrected chi connectivity index (χ3v) is 12.0. The van der Waals surface area contributed by atoms with Gasteiger partial charge in [-0.05, 0) is 37.6 Å². The number of hydrogen-bond donors (Lipinski definition) is 1. The summed E-state index contributed by atoms with van der Waals surface area (Å²) in [6.45, 7) is 3.21. The zero-order valence-corrected chi connectivity index (χ0v) is 28.6. The first-order valence-corrected chi connectivity index (χ1v) is 17.9. The Kier molecular flexibility index (Phi) is 7.53. The van der Waals surface area contributed by atoms with Crippen LogP contribution in [0.3, 0.4) is 0 Å². The average molecular weight is 735 g/mol. The Labute approximate surface area is 298 Å². The molecule has 7 heterocycles. The predicted octanol–water partition coefficient (Wildman–Crippen LogP) is 5.48. The summed E-state index contributed by atoms with van der Waals surface area (Å²) >= 11 is 7.80. The van der Waals surface area contributed by atoms with Crippen LogP contribution in [0, 0.1) is 34.8 Å². The largest absolute Gasteiger partial charge is 0.461 e. The highest BCUT2D eigenvalue weighted by Gasteiger charge is 2.49. The number of thiazole rings is 1. The standard InChI is InChI=1S/C34H30ClF3N10O2S/c35-22-8-21-27(26(38)25(22)20-2-3-23(37)29-28(20)42-31(40)51-29)43-32(50-16-34-4-1-6-47(34)15-19(36)9-34)44-30(21)45-11-17-13-46(14-18(17)12-45)33(49)48-7-5-41-24(48)10-39/h2-3,5,7-8,17-19H,1,4,6,9,11-16H2,(H2,40,42)/t17?,18?,19-,34+/m1/s1. The lowest BCUT2D eigenvalue weighted by Gasteiger charge is -2.31. The van der Waals surface area contributed by atoms with Crippen LogP contribution in [0.25, 0.3) is 32.2 Å². The number of benzene rings is 2. The van der Waals surface area contributed by atoms with E-state index in [-0.39, 0.29) is 73.3 Å². The zero-order chi connectivity index (χ0) is 35.2. The highest BCUT2D eigenvalue weighted by Crippen LogP contribution is 2.45. The van der Waals surface area contributed by atoms with Gasteiger partial charge in [0.1, 0.15) is 36.0 Å². The minimum atomic E-state index is -0.952. The number of ether oxygens (including phenoxy) is 1. The fourth-order valence-corrected chi connectivity index (χ4v) is 9.63. The van der Waals surface area contributed by atoms with Gasteiger partial charge in [-0.2, -0.15) is 15.2 Å². The van der Waals surface area contributed by atoms with Gasteiger partial charge in [0.15, 0.2) is 10.9 Å². The normalized spacial score (nSPS) is 24.5. The SMILES string of the molecule is N#Cc1nccn1C(=O)N1CC2CN(c3nc(OC[C@@]45CCCN4C[C@H](F)C5)nc4c(F)c(-c5ccc(F)c6sc(N)nc56)c(Cl)cc34)CC2C1. The summed E-state index contributed by atoms with van der Waals surface area (Å²) in [5, 5.41) is 9.91. The fraction of sp³-hybridized carbons (Fsp3) is 0.412. The minimum absolute atomic E-state index is 0.00428. The summed E-state index contributed by atoms with van der Waals surface area (Å²) in [6.07, 6.45) is 4.00. The molecule has 4 fully saturated rings. The number of rotatable bonds is 5. The van der Waals surface area contributed by atoms with E-state index < -0.39 is 23.3 Å². The van der Waals surface area contributed by atoms with E-state index in [1.165, 1.54) is 29.1 Å². The van der Waals surface area contributed by atoms with Crippen LogP contribution in [0.2, 0.25) is 5.02 Å². The molecule has 12 nitrogen and oxygen atoms in total. The molecule has 9 rings (SSSR count). The molecule has 4 saturated heterocycles. The first kappa shape index (κ1) is 32.2. The summed E-state index contributed by atoms with van der Waals surface area (Å²) in [6, 6.07) is 5.84. The molecule has 51 heavy (non-hydrogen) atoms. The Morgan fingerprint density at radius 1 is 1.14 bits per heavy atom. The minimum Gasteiger partial charge on any atom is -0.461 e. The molecule has 4 aliphatic rings. The van der Waals surface area contributed by atoms with Gasteiger partial charge in [0.2, 0.25) is 5.82 Å². The van der Waals surface area contributed by atoms with Gasteiger partial charge in [0.05, 0.1) is 20.8 Å². The van der Waals surface area contributed by atoms with Crippen molar-refractivity contribution >= 4 is 61.0 Å². The molecule has 17 heteroatoms. The fourth-order valence-electron chi connectivity index (χ4n) is 8.57. The second-order valence-electron chi connectivity index (χ2n) is 13.8. The van der Waals surface area contributed by atoms with Gasteiger partial charge >= 0.3 is 12.0 Å². The zero-order valence-electron chi connectivity index (χ0n) is 27.0. The lowest BCUT2D eigenvalue weighted by Crippen LogP contribution is -2.43. The number of fused-ring (bicyclic) bond motifs is 4. The molecule has 3 aromatic heterocycles. The Hall–Kier alpha value is -4.72. The number of nitrogens with zero attached hydrogens (tertiary/aromatic N) is 9. The molecule has 2 aromatic carbocycles.